The van der Waals surface area contributed by atoms with E-state index in [4.69, 9.17) is 9.47 Å². The first-order valence-electron chi connectivity index (χ1n) is 7.36. The van der Waals surface area contributed by atoms with Crippen LogP contribution in [0.25, 0.3) is 0 Å². The number of hydrogen-bond donors (Lipinski definition) is 1. The van der Waals surface area contributed by atoms with Gasteiger partial charge in [-0.2, -0.15) is 11.8 Å². The Morgan fingerprint density at radius 3 is 2.62 bits per heavy atom. The number of hydrogen-bond acceptors (Lipinski definition) is 4. The van der Waals surface area contributed by atoms with E-state index in [-0.39, 0.29) is 5.91 Å². The van der Waals surface area contributed by atoms with Gasteiger partial charge in [-0.1, -0.05) is 12.8 Å². The van der Waals surface area contributed by atoms with Gasteiger partial charge in [-0.15, -0.1) is 0 Å². The molecule has 4 nitrogen and oxygen atoms in total. The Morgan fingerprint density at radius 2 is 1.95 bits per heavy atom. The lowest BCUT2D eigenvalue weighted by Gasteiger charge is -2.11. The van der Waals surface area contributed by atoms with E-state index >= 15 is 0 Å². The molecule has 1 aromatic carbocycles. The van der Waals surface area contributed by atoms with Crippen molar-refractivity contribution in [3.05, 3.63) is 23.8 Å². The van der Waals surface area contributed by atoms with Gasteiger partial charge in [0.2, 0.25) is 0 Å². The minimum atomic E-state index is -0.0667. The largest absolute Gasteiger partial charge is 0.493 e. The molecule has 1 aromatic rings. The van der Waals surface area contributed by atoms with Gasteiger partial charge >= 0.3 is 0 Å². The number of amides is 1. The highest BCUT2D eigenvalue weighted by atomic mass is 32.2. The Kier molecular flexibility index (Phi) is 6.23. The summed E-state index contributed by atoms with van der Waals surface area (Å²) in [5.74, 6) is 2.11. The Labute approximate surface area is 130 Å². The van der Waals surface area contributed by atoms with E-state index in [1.54, 1.807) is 32.4 Å². The fourth-order valence-electron chi connectivity index (χ4n) is 2.52. The first-order valence-corrected chi connectivity index (χ1v) is 8.41. The Hall–Kier alpha value is -1.36. The van der Waals surface area contributed by atoms with Crippen molar-refractivity contribution >= 4 is 17.7 Å². The zero-order valence-electron chi connectivity index (χ0n) is 12.7. The van der Waals surface area contributed by atoms with Crippen LogP contribution < -0.4 is 14.8 Å². The van der Waals surface area contributed by atoms with Gasteiger partial charge in [0.25, 0.3) is 5.91 Å². The molecule has 116 valence electrons. The van der Waals surface area contributed by atoms with E-state index in [2.05, 4.69) is 5.32 Å². The molecule has 21 heavy (non-hydrogen) atoms. The zero-order chi connectivity index (χ0) is 15.1. The SMILES string of the molecule is COc1ccc(C(=O)NCCSC2CCCC2)cc1OC. The van der Waals surface area contributed by atoms with Crippen molar-refractivity contribution in [1.82, 2.24) is 5.32 Å². The van der Waals surface area contributed by atoms with Crippen LogP contribution in [0.5, 0.6) is 11.5 Å². The maximum Gasteiger partial charge on any atom is 0.251 e. The fourth-order valence-corrected chi connectivity index (χ4v) is 3.74. The lowest BCUT2D eigenvalue weighted by molar-refractivity contribution is 0.0955. The van der Waals surface area contributed by atoms with Gasteiger partial charge in [0.05, 0.1) is 14.2 Å². The average Bonchev–Trinajstić information content (AvgIpc) is 3.04. The fraction of sp³-hybridized carbons (Fsp3) is 0.562. The lowest BCUT2D eigenvalue weighted by atomic mass is 10.2. The molecule has 0 radical (unpaired) electrons. The Bertz CT molecular complexity index is 473. The second-order valence-electron chi connectivity index (χ2n) is 5.10. The number of carbonyl (C=O) groups is 1. The van der Waals surface area contributed by atoms with Gasteiger partial charge in [-0.3, -0.25) is 4.79 Å². The summed E-state index contributed by atoms with van der Waals surface area (Å²) >= 11 is 1.98. The second-order valence-corrected chi connectivity index (χ2v) is 6.51. The summed E-state index contributed by atoms with van der Waals surface area (Å²) in [6, 6.07) is 5.21. The molecule has 1 N–H and O–H groups in total. The van der Waals surface area contributed by atoms with Crippen LogP contribution in [0.1, 0.15) is 36.0 Å². The van der Waals surface area contributed by atoms with Crippen LogP contribution >= 0.6 is 11.8 Å². The number of carbonyl (C=O) groups excluding carboxylic acids is 1. The van der Waals surface area contributed by atoms with Crippen LogP contribution in [0, 0.1) is 0 Å². The molecule has 1 amide bonds. The summed E-state index contributed by atoms with van der Waals surface area (Å²) in [6.07, 6.45) is 5.37. The summed E-state index contributed by atoms with van der Waals surface area (Å²) in [7, 11) is 3.15. The monoisotopic (exact) mass is 309 g/mol. The molecule has 0 aromatic heterocycles. The van der Waals surface area contributed by atoms with Crippen molar-refractivity contribution in [3.63, 3.8) is 0 Å². The molecular formula is C16H23NO3S. The normalized spacial score (nSPS) is 15.0. The number of thioether (sulfide) groups is 1. The molecule has 1 aliphatic rings. The van der Waals surface area contributed by atoms with Crippen LogP contribution in [-0.2, 0) is 0 Å². The maximum absolute atomic E-state index is 12.1. The quantitative estimate of drug-likeness (QED) is 0.786. The van der Waals surface area contributed by atoms with Gasteiger partial charge in [0.15, 0.2) is 11.5 Å². The third-order valence-corrected chi connectivity index (χ3v) is 5.07. The molecule has 5 heteroatoms. The predicted molar refractivity (Wildman–Crippen MR) is 86.6 cm³/mol. The maximum atomic E-state index is 12.1. The second kappa shape index (κ2) is 8.17. The van der Waals surface area contributed by atoms with Gasteiger partial charge in [-0.05, 0) is 31.0 Å². The van der Waals surface area contributed by atoms with Crippen molar-refractivity contribution < 1.29 is 14.3 Å². The van der Waals surface area contributed by atoms with Crippen molar-refractivity contribution in [2.24, 2.45) is 0 Å². The molecule has 0 saturated heterocycles. The van der Waals surface area contributed by atoms with E-state index in [0.29, 0.717) is 23.6 Å². The van der Waals surface area contributed by atoms with Crippen LogP contribution in [0.2, 0.25) is 0 Å². The molecule has 0 atom stereocenters. The van der Waals surface area contributed by atoms with Gasteiger partial charge in [0.1, 0.15) is 0 Å². The summed E-state index contributed by atoms with van der Waals surface area (Å²) in [5, 5.41) is 3.75. The third-order valence-electron chi connectivity index (χ3n) is 3.69. The Morgan fingerprint density at radius 1 is 1.24 bits per heavy atom. The first-order chi connectivity index (χ1) is 10.2. The molecule has 1 aliphatic carbocycles. The average molecular weight is 309 g/mol. The molecule has 1 fully saturated rings. The topological polar surface area (TPSA) is 47.6 Å². The summed E-state index contributed by atoms with van der Waals surface area (Å²) in [6.45, 7) is 0.703. The van der Waals surface area contributed by atoms with Gasteiger partial charge < -0.3 is 14.8 Å². The van der Waals surface area contributed by atoms with E-state index < -0.39 is 0 Å². The smallest absolute Gasteiger partial charge is 0.251 e. The van der Waals surface area contributed by atoms with E-state index in [0.717, 1.165) is 11.0 Å². The molecule has 0 unspecified atom stereocenters. The van der Waals surface area contributed by atoms with Crippen molar-refractivity contribution in [1.29, 1.82) is 0 Å². The van der Waals surface area contributed by atoms with Gasteiger partial charge in [-0.25, -0.2) is 0 Å². The van der Waals surface area contributed by atoms with Crippen LogP contribution in [0.4, 0.5) is 0 Å². The summed E-state index contributed by atoms with van der Waals surface area (Å²) in [5.41, 5.74) is 0.596. The van der Waals surface area contributed by atoms with E-state index in [9.17, 15) is 4.79 Å². The van der Waals surface area contributed by atoms with E-state index in [1.165, 1.54) is 25.7 Å². The minimum absolute atomic E-state index is 0.0667. The van der Waals surface area contributed by atoms with Crippen molar-refractivity contribution in [2.75, 3.05) is 26.5 Å². The number of methoxy groups -OCH3 is 2. The number of nitrogens with one attached hydrogen (secondary N) is 1. The zero-order valence-corrected chi connectivity index (χ0v) is 13.5. The predicted octanol–water partition coefficient (Wildman–Crippen LogP) is 3.11. The molecule has 0 heterocycles. The number of ether oxygens (including phenoxy) is 2. The summed E-state index contributed by atoms with van der Waals surface area (Å²) in [4.78, 5) is 12.1. The van der Waals surface area contributed by atoms with Crippen molar-refractivity contribution in [3.8, 4) is 11.5 Å². The highest BCUT2D eigenvalue weighted by molar-refractivity contribution is 7.99. The first kappa shape index (κ1) is 16.0. The van der Waals surface area contributed by atoms with E-state index in [1.807, 2.05) is 11.8 Å². The third kappa shape index (κ3) is 4.56. The number of rotatable bonds is 7. The van der Waals surface area contributed by atoms with Crippen LogP contribution in [0.15, 0.2) is 18.2 Å². The molecule has 1 saturated carbocycles. The van der Waals surface area contributed by atoms with Crippen molar-refractivity contribution in [2.45, 2.75) is 30.9 Å². The van der Waals surface area contributed by atoms with Crippen LogP contribution in [-0.4, -0.2) is 37.7 Å². The van der Waals surface area contributed by atoms with Gasteiger partial charge in [0, 0.05) is 23.1 Å². The highest BCUT2D eigenvalue weighted by Gasteiger charge is 2.15. The lowest BCUT2D eigenvalue weighted by Crippen LogP contribution is -2.26. The highest BCUT2D eigenvalue weighted by Crippen LogP contribution is 2.29. The minimum Gasteiger partial charge on any atom is -0.493 e. The molecule has 0 spiro atoms. The molecule has 2 rings (SSSR count). The molecular weight excluding hydrogens is 286 g/mol. The standard InChI is InChI=1S/C16H23NO3S/c1-19-14-8-7-12(11-15(14)20-2)16(18)17-9-10-21-13-5-3-4-6-13/h7-8,11,13H,3-6,9-10H2,1-2H3,(H,17,18). The summed E-state index contributed by atoms with van der Waals surface area (Å²) < 4.78 is 10.4. The molecule has 0 aliphatic heterocycles. The molecule has 0 bridgehead atoms. The number of benzene rings is 1. The Balaban J connectivity index is 1.79. The van der Waals surface area contributed by atoms with Crippen LogP contribution in [0.3, 0.4) is 0 Å².